The molecular formula is C14H28IN5O2. The van der Waals surface area contributed by atoms with Crippen molar-refractivity contribution in [2.24, 2.45) is 16.6 Å². The second kappa shape index (κ2) is 11.0. The highest BCUT2D eigenvalue weighted by molar-refractivity contribution is 14.0. The Bertz CT molecular complexity index is 357. The van der Waals surface area contributed by atoms with Crippen LogP contribution in [0.5, 0.6) is 0 Å². The van der Waals surface area contributed by atoms with Crippen molar-refractivity contribution in [2.45, 2.75) is 19.3 Å². The highest BCUT2D eigenvalue weighted by atomic mass is 127. The normalized spacial score (nSPS) is 19.4. The van der Waals surface area contributed by atoms with Gasteiger partial charge in [0.1, 0.15) is 6.54 Å². The van der Waals surface area contributed by atoms with Crippen LogP contribution in [-0.2, 0) is 9.53 Å². The third-order valence-corrected chi connectivity index (χ3v) is 3.74. The van der Waals surface area contributed by atoms with Crippen molar-refractivity contribution in [3.05, 3.63) is 0 Å². The van der Waals surface area contributed by atoms with Crippen molar-refractivity contribution in [1.29, 1.82) is 0 Å². The van der Waals surface area contributed by atoms with Crippen LogP contribution in [0.3, 0.4) is 0 Å². The molecule has 7 nitrogen and oxygen atoms in total. The SMILES string of the molecule is I.NC(=NCC(=O)NCC1CC1)NCCCN1CCOCC1. The summed E-state index contributed by atoms with van der Waals surface area (Å²) < 4.78 is 5.30. The number of hydrogen-bond acceptors (Lipinski definition) is 4. The summed E-state index contributed by atoms with van der Waals surface area (Å²) in [4.78, 5) is 17.9. The number of nitrogens with two attached hydrogens (primary N) is 1. The number of rotatable bonds is 8. The Balaban J connectivity index is 0.00000242. The fourth-order valence-electron chi connectivity index (χ4n) is 2.19. The fourth-order valence-corrected chi connectivity index (χ4v) is 2.19. The van der Waals surface area contributed by atoms with Crippen molar-refractivity contribution in [3.63, 3.8) is 0 Å². The molecule has 2 fully saturated rings. The number of nitrogens with one attached hydrogen (secondary N) is 2. The molecule has 0 spiro atoms. The molecule has 2 aliphatic rings. The number of nitrogens with zero attached hydrogens (tertiary/aromatic N) is 2. The Morgan fingerprint density at radius 3 is 2.68 bits per heavy atom. The van der Waals surface area contributed by atoms with Gasteiger partial charge < -0.3 is 21.1 Å². The molecule has 0 aromatic heterocycles. The molecule has 0 aromatic rings. The largest absolute Gasteiger partial charge is 0.379 e. The average Bonchev–Trinajstić information content (AvgIpc) is 3.33. The topological polar surface area (TPSA) is 92.0 Å². The van der Waals surface area contributed by atoms with E-state index in [0.717, 1.165) is 52.4 Å². The molecule has 1 heterocycles. The van der Waals surface area contributed by atoms with E-state index in [1.54, 1.807) is 0 Å². The number of carbonyl (C=O) groups is 1. The van der Waals surface area contributed by atoms with Crippen LogP contribution >= 0.6 is 24.0 Å². The van der Waals surface area contributed by atoms with Gasteiger partial charge in [-0.1, -0.05) is 0 Å². The van der Waals surface area contributed by atoms with Gasteiger partial charge in [-0.25, -0.2) is 4.99 Å². The van der Waals surface area contributed by atoms with Crippen LogP contribution in [0.25, 0.3) is 0 Å². The Hall–Kier alpha value is -0.610. The van der Waals surface area contributed by atoms with Gasteiger partial charge >= 0.3 is 0 Å². The van der Waals surface area contributed by atoms with E-state index in [1.807, 2.05) is 0 Å². The van der Waals surface area contributed by atoms with Crippen molar-refractivity contribution in [1.82, 2.24) is 15.5 Å². The highest BCUT2D eigenvalue weighted by Crippen LogP contribution is 2.27. The zero-order valence-corrected chi connectivity index (χ0v) is 15.4. The molecule has 1 aliphatic heterocycles. The summed E-state index contributed by atoms with van der Waals surface area (Å²) in [5, 5.41) is 5.91. The van der Waals surface area contributed by atoms with Gasteiger partial charge in [-0.3, -0.25) is 9.69 Å². The van der Waals surface area contributed by atoms with E-state index in [4.69, 9.17) is 10.5 Å². The Labute approximate surface area is 149 Å². The van der Waals surface area contributed by atoms with Crippen LogP contribution in [-0.4, -0.2) is 69.2 Å². The van der Waals surface area contributed by atoms with E-state index in [2.05, 4.69) is 20.5 Å². The van der Waals surface area contributed by atoms with Crippen molar-refractivity contribution in [3.8, 4) is 0 Å². The number of guanidine groups is 1. The fraction of sp³-hybridized carbons (Fsp3) is 0.857. The summed E-state index contributed by atoms with van der Waals surface area (Å²) in [6.45, 7) is 6.35. The molecule has 8 heteroatoms. The monoisotopic (exact) mass is 425 g/mol. The zero-order chi connectivity index (χ0) is 14.9. The van der Waals surface area contributed by atoms with E-state index in [1.165, 1.54) is 12.8 Å². The van der Waals surface area contributed by atoms with E-state index in [0.29, 0.717) is 11.9 Å². The molecule has 4 N–H and O–H groups in total. The molecule has 22 heavy (non-hydrogen) atoms. The molecule has 1 saturated heterocycles. The quantitative estimate of drug-likeness (QED) is 0.216. The van der Waals surface area contributed by atoms with Crippen LogP contribution in [0, 0.1) is 5.92 Å². The maximum absolute atomic E-state index is 11.5. The first-order chi connectivity index (χ1) is 10.2. The maximum Gasteiger partial charge on any atom is 0.241 e. The number of carbonyl (C=O) groups excluding carboxylic acids is 1. The lowest BCUT2D eigenvalue weighted by Crippen LogP contribution is -2.39. The number of amides is 1. The number of halogens is 1. The summed E-state index contributed by atoms with van der Waals surface area (Å²) in [6, 6.07) is 0. The molecule has 0 aromatic carbocycles. The van der Waals surface area contributed by atoms with Crippen molar-refractivity contribution >= 4 is 35.8 Å². The predicted molar refractivity (Wildman–Crippen MR) is 97.5 cm³/mol. The first-order valence-electron chi connectivity index (χ1n) is 7.84. The minimum atomic E-state index is -0.0556. The molecular weight excluding hydrogens is 397 g/mol. The van der Waals surface area contributed by atoms with Gasteiger partial charge in [0.15, 0.2) is 5.96 Å². The third-order valence-electron chi connectivity index (χ3n) is 3.74. The second-order valence-electron chi connectivity index (χ2n) is 5.68. The number of aliphatic imine (C=N–C) groups is 1. The second-order valence-corrected chi connectivity index (χ2v) is 5.68. The summed E-state index contributed by atoms with van der Waals surface area (Å²) >= 11 is 0. The Kier molecular flexibility index (Phi) is 9.73. The van der Waals surface area contributed by atoms with Crippen molar-refractivity contribution in [2.75, 3.05) is 52.5 Å². The Morgan fingerprint density at radius 1 is 1.27 bits per heavy atom. The van der Waals surface area contributed by atoms with E-state index < -0.39 is 0 Å². The van der Waals surface area contributed by atoms with Gasteiger partial charge in [0.25, 0.3) is 0 Å². The van der Waals surface area contributed by atoms with Crippen LogP contribution < -0.4 is 16.4 Å². The van der Waals surface area contributed by atoms with Gasteiger partial charge in [0.2, 0.25) is 5.91 Å². The molecule has 1 saturated carbocycles. The molecule has 1 aliphatic carbocycles. The zero-order valence-electron chi connectivity index (χ0n) is 13.1. The molecule has 0 bridgehead atoms. The summed E-state index contributed by atoms with van der Waals surface area (Å²) in [7, 11) is 0. The van der Waals surface area contributed by atoms with Crippen molar-refractivity contribution < 1.29 is 9.53 Å². The van der Waals surface area contributed by atoms with Gasteiger partial charge in [-0.15, -0.1) is 24.0 Å². The summed E-state index contributed by atoms with van der Waals surface area (Å²) in [5.74, 6) is 0.979. The van der Waals surface area contributed by atoms with Gasteiger partial charge in [0, 0.05) is 26.2 Å². The molecule has 2 rings (SSSR count). The predicted octanol–water partition coefficient (Wildman–Crippen LogP) is -0.243. The lowest BCUT2D eigenvalue weighted by Gasteiger charge is -2.26. The standard InChI is InChI=1S/C14H27N5O2.HI/c15-14(18-11-13(20)17-10-12-2-3-12)16-4-1-5-19-6-8-21-9-7-19;/h12H,1-11H2,(H,17,20)(H3,15,16,18);1H. The van der Waals surface area contributed by atoms with Gasteiger partial charge in [0.05, 0.1) is 13.2 Å². The third kappa shape index (κ3) is 8.74. The highest BCUT2D eigenvalue weighted by Gasteiger charge is 2.21. The molecule has 0 radical (unpaired) electrons. The van der Waals surface area contributed by atoms with Crippen LogP contribution in [0.1, 0.15) is 19.3 Å². The van der Waals surface area contributed by atoms with Crippen LogP contribution in [0.4, 0.5) is 0 Å². The van der Waals surface area contributed by atoms with Crippen LogP contribution in [0.2, 0.25) is 0 Å². The number of morpholine rings is 1. The Morgan fingerprint density at radius 2 is 2.00 bits per heavy atom. The number of ether oxygens (including phenoxy) is 1. The summed E-state index contributed by atoms with van der Waals surface area (Å²) in [5.41, 5.74) is 5.73. The minimum Gasteiger partial charge on any atom is -0.379 e. The van der Waals surface area contributed by atoms with Crippen LogP contribution in [0.15, 0.2) is 4.99 Å². The van der Waals surface area contributed by atoms with E-state index >= 15 is 0 Å². The molecule has 128 valence electrons. The first-order valence-corrected chi connectivity index (χ1v) is 7.84. The van der Waals surface area contributed by atoms with Gasteiger partial charge in [-0.2, -0.15) is 0 Å². The summed E-state index contributed by atoms with van der Waals surface area (Å²) in [6.07, 6.45) is 3.47. The first kappa shape index (κ1) is 19.4. The molecule has 0 unspecified atom stereocenters. The molecule has 0 atom stereocenters. The lowest BCUT2D eigenvalue weighted by molar-refractivity contribution is -0.119. The molecule has 1 amide bonds. The smallest absolute Gasteiger partial charge is 0.241 e. The average molecular weight is 425 g/mol. The lowest BCUT2D eigenvalue weighted by atomic mass is 10.3. The number of hydrogen-bond donors (Lipinski definition) is 3. The maximum atomic E-state index is 11.5. The van der Waals surface area contributed by atoms with E-state index in [9.17, 15) is 4.79 Å². The van der Waals surface area contributed by atoms with Gasteiger partial charge in [-0.05, 0) is 31.7 Å². The minimum absolute atomic E-state index is 0. The van der Waals surface area contributed by atoms with E-state index in [-0.39, 0.29) is 36.4 Å².